The highest BCUT2D eigenvalue weighted by molar-refractivity contribution is 5.60. The van der Waals surface area contributed by atoms with Gasteiger partial charge in [-0.15, -0.1) is 0 Å². The molecule has 0 aliphatic rings. The molecule has 1 unspecified atom stereocenters. The average molecular weight is 244 g/mol. The molecule has 18 heavy (non-hydrogen) atoms. The Morgan fingerprint density at radius 3 is 2.50 bits per heavy atom. The highest BCUT2D eigenvalue weighted by Crippen LogP contribution is 2.18. The molecule has 1 aromatic heterocycles. The first-order valence-electron chi connectivity index (χ1n) is 6.37. The van der Waals surface area contributed by atoms with E-state index in [0.29, 0.717) is 12.0 Å². The molecule has 0 bridgehead atoms. The minimum Gasteiger partial charge on any atom is -0.308 e. The number of nitrogens with zero attached hydrogens (tertiary/aromatic N) is 2. The molecule has 0 spiro atoms. The van der Waals surface area contributed by atoms with Crippen LogP contribution in [0, 0.1) is 5.92 Å². The predicted octanol–water partition coefficient (Wildman–Crippen LogP) is 2.61. The number of benzene rings is 1. The highest BCUT2D eigenvalue weighted by atomic mass is 15.3. The first kappa shape index (κ1) is 12.8. The monoisotopic (exact) mass is 244 g/mol. The van der Waals surface area contributed by atoms with Crippen LogP contribution in [0.25, 0.3) is 11.3 Å². The van der Waals surface area contributed by atoms with Crippen LogP contribution in [-0.2, 0) is 6.54 Å². The molecular formula is C14H20N4. The van der Waals surface area contributed by atoms with Crippen molar-refractivity contribution in [3.8, 4) is 11.3 Å². The molecule has 0 radical (unpaired) electrons. The van der Waals surface area contributed by atoms with Crippen molar-refractivity contribution >= 4 is 0 Å². The standard InChI is InChI=1S/C14H20N4/c1-10(2)11(3)15-9-13-14(17-18-16-13)12-7-5-4-6-8-12/h4-8,10-11,15H,9H2,1-3H3,(H,16,17,18). The summed E-state index contributed by atoms with van der Waals surface area (Å²) in [7, 11) is 0. The topological polar surface area (TPSA) is 53.6 Å². The van der Waals surface area contributed by atoms with Gasteiger partial charge >= 0.3 is 0 Å². The van der Waals surface area contributed by atoms with E-state index in [2.05, 4.69) is 41.5 Å². The molecule has 4 nitrogen and oxygen atoms in total. The predicted molar refractivity (Wildman–Crippen MR) is 73.0 cm³/mol. The number of aromatic amines is 1. The van der Waals surface area contributed by atoms with Crippen LogP contribution in [0.2, 0.25) is 0 Å². The van der Waals surface area contributed by atoms with Gasteiger partial charge in [-0.3, -0.25) is 0 Å². The van der Waals surface area contributed by atoms with E-state index < -0.39 is 0 Å². The van der Waals surface area contributed by atoms with E-state index in [0.717, 1.165) is 23.5 Å². The Bertz CT molecular complexity index is 476. The Morgan fingerprint density at radius 2 is 1.83 bits per heavy atom. The minimum atomic E-state index is 0.463. The van der Waals surface area contributed by atoms with Crippen LogP contribution in [0.1, 0.15) is 26.5 Å². The van der Waals surface area contributed by atoms with E-state index in [1.165, 1.54) is 0 Å². The maximum Gasteiger partial charge on any atom is 0.117 e. The zero-order valence-corrected chi connectivity index (χ0v) is 11.1. The maximum absolute atomic E-state index is 4.23. The molecule has 96 valence electrons. The normalized spacial score (nSPS) is 12.9. The van der Waals surface area contributed by atoms with Gasteiger partial charge in [0, 0.05) is 18.2 Å². The highest BCUT2D eigenvalue weighted by Gasteiger charge is 2.12. The second-order valence-electron chi connectivity index (χ2n) is 4.90. The van der Waals surface area contributed by atoms with Crippen molar-refractivity contribution in [2.24, 2.45) is 5.92 Å². The van der Waals surface area contributed by atoms with E-state index >= 15 is 0 Å². The number of rotatable bonds is 5. The first-order valence-corrected chi connectivity index (χ1v) is 6.37. The Balaban J connectivity index is 2.09. The SMILES string of the molecule is CC(C)C(C)NCc1n[nH]nc1-c1ccccc1. The zero-order chi connectivity index (χ0) is 13.0. The molecule has 0 fully saturated rings. The van der Waals surface area contributed by atoms with Gasteiger partial charge < -0.3 is 5.32 Å². The van der Waals surface area contributed by atoms with Crippen LogP contribution in [0.5, 0.6) is 0 Å². The van der Waals surface area contributed by atoms with E-state index in [1.54, 1.807) is 0 Å². The molecule has 1 heterocycles. The smallest absolute Gasteiger partial charge is 0.117 e. The van der Waals surface area contributed by atoms with Crippen LogP contribution in [-0.4, -0.2) is 21.5 Å². The number of hydrogen-bond donors (Lipinski definition) is 2. The van der Waals surface area contributed by atoms with Crippen LogP contribution in [0.4, 0.5) is 0 Å². The van der Waals surface area contributed by atoms with E-state index in [4.69, 9.17) is 0 Å². The van der Waals surface area contributed by atoms with Gasteiger partial charge in [0.2, 0.25) is 0 Å². The van der Waals surface area contributed by atoms with Crippen LogP contribution in [0.3, 0.4) is 0 Å². The second kappa shape index (κ2) is 5.78. The summed E-state index contributed by atoms with van der Waals surface area (Å²) in [6.07, 6.45) is 0. The summed E-state index contributed by atoms with van der Waals surface area (Å²) in [5.41, 5.74) is 2.99. The van der Waals surface area contributed by atoms with E-state index in [1.807, 2.05) is 30.3 Å². The summed E-state index contributed by atoms with van der Waals surface area (Å²) in [4.78, 5) is 0. The van der Waals surface area contributed by atoms with Gasteiger partial charge in [0.15, 0.2) is 0 Å². The molecule has 0 saturated heterocycles. The van der Waals surface area contributed by atoms with Crippen molar-refractivity contribution in [2.45, 2.75) is 33.4 Å². The van der Waals surface area contributed by atoms with Gasteiger partial charge in [-0.05, 0) is 12.8 Å². The number of hydrogen-bond acceptors (Lipinski definition) is 3. The maximum atomic E-state index is 4.23. The first-order chi connectivity index (χ1) is 8.68. The average Bonchev–Trinajstić information content (AvgIpc) is 2.85. The fourth-order valence-electron chi connectivity index (χ4n) is 1.70. The van der Waals surface area contributed by atoms with Crippen molar-refractivity contribution in [3.05, 3.63) is 36.0 Å². The van der Waals surface area contributed by atoms with Gasteiger partial charge in [-0.25, -0.2) is 0 Å². The Morgan fingerprint density at radius 1 is 1.11 bits per heavy atom. The molecule has 2 aromatic rings. The van der Waals surface area contributed by atoms with Gasteiger partial charge in [-0.1, -0.05) is 44.2 Å². The fraction of sp³-hybridized carbons (Fsp3) is 0.429. The van der Waals surface area contributed by atoms with Crippen molar-refractivity contribution < 1.29 is 0 Å². The largest absolute Gasteiger partial charge is 0.308 e. The van der Waals surface area contributed by atoms with Crippen molar-refractivity contribution in [2.75, 3.05) is 0 Å². The second-order valence-corrected chi connectivity index (χ2v) is 4.90. The number of H-pyrrole nitrogens is 1. The lowest BCUT2D eigenvalue weighted by Gasteiger charge is -2.16. The molecule has 2 rings (SSSR count). The lowest BCUT2D eigenvalue weighted by molar-refractivity contribution is 0.424. The molecule has 1 aromatic carbocycles. The molecular weight excluding hydrogens is 224 g/mol. The molecule has 0 amide bonds. The molecule has 4 heteroatoms. The lowest BCUT2D eigenvalue weighted by atomic mass is 10.1. The Hall–Kier alpha value is -1.68. The fourth-order valence-corrected chi connectivity index (χ4v) is 1.70. The number of nitrogens with one attached hydrogen (secondary N) is 2. The molecule has 1 atom stereocenters. The lowest BCUT2D eigenvalue weighted by Crippen LogP contribution is -2.30. The zero-order valence-electron chi connectivity index (χ0n) is 11.1. The van der Waals surface area contributed by atoms with Gasteiger partial charge in [0.05, 0.1) is 0 Å². The van der Waals surface area contributed by atoms with Crippen molar-refractivity contribution in [3.63, 3.8) is 0 Å². The summed E-state index contributed by atoms with van der Waals surface area (Å²) >= 11 is 0. The third-order valence-corrected chi connectivity index (χ3v) is 3.26. The minimum absolute atomic E-state index is 0.463. The van der Waals surface area contributed by atoms with Crippen molar-refractivity contribution in [1.29, 1.82) is 0 Å². The van der Waals surface area contributed by atoms with Gasteiger partial charge in [0.25, 0.3) is 0 Å². The van der Waals surface area contributed by atoms with Crippen molar-refractivity contribution in [1.82, 2.24) is 20.7 Å². The summed E-state index contributed by atoms with van der Waals surface area (Å²) in [6.45, 7) is 7.34. The quantitative estimate of drug-likeness (QED) is 0.850. The van der Waals surface area contributed by atoms with Crippen LogP contribution < -0.4 is 5.32 Å². The summed E-state index contributed by atoms with van der Waals surface area (Å²) < 4.78 is 0. The van der Waals surface area contributed by atoms with Crippen LogP contribution >= 0.6 is 0 Å². The third kappa shape index (κ3) is 2.96. The summed E-state index contributed by atoms with van der Waals surface area (Å²) in [5.74, 6) is 0.608. The van der Waals surface area contributed by atoms with Crippen LogP contribution in [0.15, 0.2) is 30.3 Å². The third-order valence-electron chi connectivity index (χ3n) is 3.26. The molecule has 0 saturated carbocycles. The van der Waals surface area contributed by atoms with E-state index in [-0.39, 0.29) is 0 Å². The Labute approximate surface area is 108 Å². The molecule has 0 aliphatic heterocycles. The van der Waals surface area contributed by atoms with Gasteiger partial charge in [-0.2, -0.15) is 15.4 Å². The Kier molecular flexibility index (Phi) is 4.10. The molecule has 0 aliphatic carbocycles. The van der Waals surface area contributed by atoms with Gasteiger partial charge in [0.1, 0.15) is 11.4 Å². The number of aromatic nitrogens is 3. The van der Waals surface area contributed by atoms with E-state index in [9.17, 15) is 0 Å². The summed E-state index contributed by atoms with van der Waals surface area (Å²) in [6, 6.07) is 10.6. The summed E-state index contributed by atoms with van der Waals surface area (Å²) in [5, 5.41) is 14.6. The molecule has 2 N–H and O–H groups in total.